The number of aryl methyl sites for hydroxylation is 2. The molecule has 0 atom stereocenters. The maximum atomic E-state index is 12.9. The zero-order valence-electron chi connectivity index (χ0n) is 38.6. The van der Waals surface area contributed by atoms with Crippen LogP contribution >= 0.6 is 39.1 Å². The molecule has 7 aromatic rings. The van der Waals surface area contributed by atoms with Crippen LogP contribution in [0.25, 0.3) is 22.3 Å². The highest BCUT2D eigenvalue weighted by Gasteiger charge is 2.32. The van der Waals surface area contributed by atoms with Gasteiger partial charge in [0.25, 0.3) is 11.8 Å². The Hall–Kier alpha value is -6.76. The van der Waals surface area contributed by atoms with Gasteiger partial charge in [0.15, 0.2) is 16.1 Å². The molecule has 0 radical (unpaired) electrons. The second-order valence-electron chi connectivity index (χ2n) is 15.5. The number of pyridine rings is 2. The Balaban J connectivity index is 0.000000189. The average Bonchev–Trinajstić information content (AvgIpc) is 3.38. The molecule has 73 heavy (non-hydrogen) atoms. The van der Waals surface area contributed by atoms with Crippen molar-refractivity contribution in [2.45, 2.75) is 26.2 Å². The number of nitrogens with zero attached hydrogens (tertiary/aromatic N) is 9. The summed E-state index contributed by atoms with van der Waals surface area (Å²) in [5.74, 6) is -0.623. The van der Waals surface area contributed by atoms with Crippen molar-refractivity contribution in [3.05, 3.63) is 158 Å². The van der Waals surface area contributed by atoms with Crippen LogP contribution in [-0.4, -0.2) is 105 Å². The Kier molecular flexibility index (Phi) is 20.0. The van der Waals surface area contributed by atoms with E-state index in [1.54, 1.807) is 43.6 Å². The van der Waals surface area contributed by atoms with Crippen LogP contribution in [0.4, 0.5) is 43.5 Å². The number of halogens is 9. The van der Waals surface area contributed by atoms with Crippen molar-refractivity contribution in [2.75, 3.05) is 68.1 Å². The minimum absolute atomic E-state index is 0.0952. The van der Waals surface area contributed by atoms with E-state index in [4.69, 9.17) is 32.7 Å². The summed E-state index contributed by atoms with van der Waals surface area (Å²) >= 11 is 14.5. The SMILES string of the molecule is C1COCCN1.Cc1ncc(NC(=O)c2cccc(C(F)(F)F)c2)cc1-c1cnnc(Cl)c1.Cc1ncc(NC(=O)c2cccc(C(F)(F)F)c2)cc1-c1cnnc(N2CCOCC2)c1.Clc1cc(Br)cnn1. The Labute approximate surface area is 432 Å². The van der Waals surface area contributed by atoms with Crippen LogP contribution in [0.15, 0.2) is 114 Å². The molecule has 0 saturated carbocycles. The van der Waals surface area contributed by atoms with Crippen LogP contribution < -0.4 is 20.9 Å². The molecular formula is C48H43BrCl2F6N12O4. The van der Waals surface area contributed by atoms with Crippen molar-refractivity contribution in [1.82, 2.24) is 45.9 Å². The molecule has 9 rings (SSSR count). The normalized spacial score (nSPS) is 13.4. The Bertz CT molecular complexity index is 2960. The maximum absolute atomic E-state index is 12.9. The molecule has 382 valence electrons. The number of ether oxygens (including phenoxy) is 2. The molecule has 0 bridgehead atoms. The molecule has 3 N–H and O–H groups in total. The molecule has 2 aromatic carbocycles. The lowest BCUT2D eigenvalue weighted by atomic mass is 10.1. The first-order valence-corrected chi connectivity index (χ1v) is 23.4. The zero-order valence-corrected chi connectivity index (χ0v) is 41.7. The van der Waals surface area contributed by atoms with E-state index in [2.05, 4.69) is 77.3 Å². The Morgan fingerprint density at radius 3 is 1.51 bits per heavy atom. The van der Waals surface area contributed by atoms with Gasteiger partial charge in [-0.15, -0.1) is 15.3 Å². The van der Waals surface area contributed by atoms with Crippen molar-refractivity contribution in [1.29, 1.82) is 0 Å². The van der Waals surface area contributed by atoms with E-state index >= 15 is 0 Å². The molecule has 2 amide bonds. The van der Waals surface area contributed by atoms with Crippen molar-refractivity contribution < 1.29 is 45.4 Å². The summed E-state index contributed by atoms with van der Waals surface area (Å²) < 4.78 is 88.5. The average molecular weight is 1120 g/mol. The summed E-state index contributed by atoms with van der Waals surface area (Å²) in [6, 6.07) is 17.0. The first kappa shape index (κ1) is 55.6. The summed E-state index contributed by atoms with van der Waals surface area (Å²) in [6.07, 6.45) is -1.50. The van der Waals surface area contributed by atoms with Crippen molar-refractivity contribution in [3.63, 3.8) is 0 Å². The number of alkyl halides is 6. The van der Waals surface area contributed by atoms with Gasteiger partial charge in [0.1, 0.15) is 0 Å². The Morgan fingerprint density at radius 1 is 0.616 bits per heavy atom. The van der Waals surface area contributed by atoms with Gasteiger partial charge >= 0.3 is 12.4 Å². The molecule has 2 fully saturated rings. The number of aromatic nitrogens is 8. The highest BCUT2D eigenvalue weighted by molar-refractivity contribution is 9.10. The van der Waals surface area contributed by atoms with Gasteiger partial charge in [-0.05, 0) is 96.5 Å². The molecule has 0 unspecified atom stereocenters. The fraction of sp³-hybridized carbons (Fsp3) is 0.250. The Morgan fingerprint density at radius 2 is 1.08 bits per heavy atom. The van der Waals surface area contributed by atoms with Gasteiger partial charge in [-0.1, -0.05) is 35.3 Å². The smallest absolute Gasteiger partial charge is 0.379 e. The van der Waals surface area contributed by atoms with E-state index in [9.17, 15) is 35.9 Å². The lowest BCUT2D eigenvalue weighted by Gasteiger charge is -2.27. The van der Waals surface area contributed by atoms with Crippen LogP contribution in [-0.2, 0) is 21.8 Å². The van der Waals surface area contributed by atoms with Crippen molar-refractivity contribution >= 4 is 68.1 Å². The third-order valence-electron chi connectivity index (χ3n) is 10.3. The fourth-order valence-corrected chi connectivity index (χ4v) is 7.40. The second kappa shape index (κ2) is 26.3. The van der Waals surface area contributed by atoms with Crippen LogP contribution in [0.1, 0.15) is 43.2 Å². The summed E-state index contributed by atoms with van der Waals surface area (Å²) in [5.41, 5.74) is 2.88. The first-order valence-electron chi connectivity index (χ1n) is 21.8. The van der Waals surface area contributed by atoms with Crippen molar-refractivity contribution in [3.8, 4) is 22.3 Å². The molecule has 16 nitrogen and oxygen atoms in total. The molecule has 7 heterocycles. The van der Waals surface area contributed by atoms with E-state index in [1.165, 1.54) is 42.9 Å². The van der Waals surface area contributed by atoms with Gasteiger partial charge in [0.2, 0.25) is 0 Å². The number of hydrogen-bond donors (Lipinski definition) is 3. The second-order valence-corrected chi connectivity index (χ2v) is 17.2. The standard InChI is InChI=1S/C22H20F3N5O2.C18H12ClF3N4O.C4H2BrClN2.C4H9NO/c1-14-19(16-10-20(29-27-12-16)30-5-7-32-8-6-30)11-18(13-26-14)28-21(31)15-3-2-4-17(9-15)22(23,24)25;1-10-15(12-6-16(19)26-24-8-12)7-14(9-23-10)25-17(27)11-3-2-4-13(5-11)18(20,21)22;5-3-1-4(6)8-7-2-3;1-3-6-4-2-5-1/h2-4,9-13H,5-8H2,1H3,(H,28,31);2-9H,1H3,(H,25,27);1-2H;5H,1-4H2. The van der Waals surface area contributed by atoms with E-state index in [-0.39, 0.29) is 16.3 Å². The van der Waals surface area contributed by atoms with Gasteiger partial charge in [-0.25, -0.2) is 0 Å². The number of carbonyl (C=O) groups excluding carboxylic acids is 2. The topological polar surface area (TPSA) is 195 Å². The number of anilines is 3. The van der Waals surface area contributed by atoms with Crippen LogP contribution in [0.2, 0.25) is 10.3 Å². The molecule has 5 aromatic heterocycles. The molecule has 0 aliphatic carbocycles. The molecular weight excluding hydrogens is 1070 g/mol. The molecule has 2 aliphatic heterocycles. The third-order valence-corrected chi connectivity index (χ3v) is 11.1. The number of benzene rings is 2. The number of nitrogens with one attached hydrogen (secondary N) is 3. The summed E-state index contributed by atoms with van der Waals surface area (Å²) in [4.78, 5) is 35.5. The number of morpholine rings is 2. The van der Waals surface area contributed by atoms with Gasteiger partial charge in [-0.2, -0.15) is 41.6 Å². The highest BCUT2D eigenvalue weighted by Crippen LogP contribution is 2.32. The first-order chi connectivity index (χ1) is 34.8. The van der Waals surface area contributed by atoms with Gasteiger partial charge in [0.05, 0.1) is 79.9 Å². The van der Waals surface area contributed by atoms with E-state index in [1.807, 2.05) is 13.0 Å². The van der Waals surface area contributed by atoms with E-state index in [0.29, 0.717) is 71.2 Å². The predicted octanol–water partition coefficient (Wildman–Crippen LogP) is 10.2. The van der Waals surface area contributed by atoms with Gasteiger partial charge in [-0.3, -0.25) is 19.6 Å². The summed E-state index contributed by atoms with van der Waals surface area (Å²) in [6.45, 7) is 10.1. The molecule has 0 spiro atoms. The minimum Gasteiger partial charge on any atom is -0.379 e. The van der Waals surface area contributed by atoms with E-state index < -0.39 is 35.3 Å². The molecule has 25 heteroatoms. The lowest BCUT2D eigenvalue weighted by Crippen LogP contribution is -2.36. The number of hydrogen-bond acceptors (Lipinski definition) is 14. The lowest BCUT2D eigenvalue weighted by molar-refractivity contribution is -0.138. The summed E-state index contributed by atoms with van der Waals surface area (Å²) in [5, 5.41) is 31.7. The number of carbonyl (C=O) groups is 2. The fourth-order valence-electron chi connectivity index (χ4n) is 6.64. The number of rotatable bonds is 7. The quantitative estimate of drug-likeness (QED) is 0.128. The van der Waals surface area contributed by atoms with Crippen LogP contribution in [0.5, 0.6) is 0 Å². The van der Waals surface area contributed by atoms with Crippen LogP contribution in [0, 0.1) is 13.8 Å². The third kappa shape index (κ3) is 17.2. The highest BCUT2D eigenvalue weighted by atomic mass is 79.9. The van der Waals surface area contributed by atoms with Gasteiger partial charge in [0, 0.05) is 75.4 Å². The zero-order chi connectivity index (χ0) is 52.5. The summed E-state index contributed by atoms with van der Waals surface area (Å²) in [7, 11) is 0. The van der Waals surface area contributed by atoms with Crippen molar-refractivity contribution in [2.24, 2.45) is 0 Å². The molecule has 2 saturated heterocycles. The maximum Gasteiger partial charge on any atom is 0.416 e. The van der Waals surface area contributed by atoms with E-state index in [0.717, 1.165) is 66.2 Å². The predicted molar refractivity (Wildman–Crippen MR) is 265 cm³/mol. The van der Waals surface area contributed by atoms with Gasteiger partial charge < -0.3 is 30.3 Å². The monoisotopic (exact) mass is 1110 g/mol. The largest absolute Gasteiger partial charge is 0.416 e. The number of amides is 2. The van der Waals surface area contributed by atoms with Crippen LogP contribution in [0.3, 0.4) is 0 Å². The molecule has 2 aliphatic rings. The minimum atomic E-state index is -4.53.